The summed E-state index contributed by atoms with van der Waals surface area (Å²) in [5.41, 5.74) is 0.0554. The van der Waals surface area contributed by atoms with E-state index in [4.69, 9.17) is 9.47 Å². The molecule has 0 saturated carbocycles. The molecule has 134 valence electrons. The maximum atomic E-state index is 12.6. The fourth-order valence-electron chi connectivity index (χ4n) is 2.30. The SMILES string of the molecule is CC(C)(C)Oc1ccc(C(=O)c2ccc(OC(C)(C)C)cc2O)cc1. The molecule has 0 fully saturated rings. The van der Waals surface area contributed by atoms with E-state index in [0.717, 1.165) is 0 Å². The van der Waals surface area contributed by atoms with Crippen molar-refractivity contribution in [2.45, 2.75) is 52.7 Å². The van der Waals surface area contributed by atoms with Gasteiger partial charge in [0, 0.05) is 11.6 Å². The maximum absolute atomic E-state index is 12.6. The first-order chi connectivity index (χ1) is 11.4. The van der Waals surface area contributed by atoms with E-state index >= 15 is 0 Å². The van der Waals surface area contributed by atoms with Crippen molar-refractivity contribution in [1.82, 2.24) is 0 Å². The summed E-state index contributed by atoms with van der Waals surface area (Å²) in [4.78, 5) is 12.6. The lowest BCUT2D eigenvalue weighted by Crippen LogP contribution is -2.23. The number of carbonyl (C=O) groups is 1. The summed E-state index contributed by atoms with van der Waals surface area (Å²) in [7, 11) is 0. The van der Waals surface area contributed by atoms with Gasteiger partial charge in [0.15, 0.2) is 5.78 Å². The van der Waals surface area contributed by atoms with Crippen LogP contribution in [0.25, 0.3) is 0 Å². The minimum atomic E-state index is -0.374. The van der Waals surface area contributed by atoms with Gasteiger partial charge in [0.1, 0.15) is 28.5 Å². The Morgan fingerprint density at radius 3 is 1.76 bits per heavy atom. The Labute approximate surface area is 149 Å². The molecule has 25 heavy (non-hydrogen) atoms. The van der Waals surface area contributed by atoms with Crippen molar-refractivity contribution in [3.05, 3.63) is 53.6 Å². The molecule has 0 aliphatic carbocycles. The third-order valence-corrected chi connectivity index (χ3v) is 3.18. The van der Waals surface area contributed by atoms with Crippen LogP contribution in [0.15, 0.2) is 42.5 Å². The van der Waals surface area contributed by atoms with Crippen LogP contribution in [-0.2, 0) is 0 Å². The van der Waals surface area contributed by atoms with E-state index in [1.807, 2.05) is 41.5 Å². The number of phenolic OH excluding ortho intramolecular Hbond substituents is 1. The molecule has 2 aromatic rings. The van der Waals surface area contributed by atoms with Gasteiger partial charge in [-0.05, 0) is 77.9 Å². The van der Waals surface area contributed by atoms with Crippen LogP contribution < -0.4 is 9.47 Å². The zero-order chi connectivity index (χ0) is 18.8. The van der Waals surface area contributed by atoms with E-state index in [-0.39, 0.29) is 28.3 Å². The first-order valence-corrected chi connectivity index (χ1v) is 8.30. The number of ketones is 1. The molecule has 0 radical (unpaired) electrons. The highest BCUT2D eigenvalue weighted by molar-refractivity contribution is 6.10. The molecule has 0 aromatic heterocycles. The van der Waals surface area contributed by atoms with Crippen LogP contribution in [0.4, 0.5) is 0 Å². The van der Waals surface area contributed by atoms with Gasteiger partial charge in [-0.25, -0.2) is 0 Å². The summed E-state index contributed by atoms with van der Waals surface area (Å²) in [6.07, 6.45) is 0. The minimum Gasteiger partial charge on any atom is -0.507 e. The summed E-state index contributed by atoms with van der Waals surface area (Å²) >= 11 is 0. The Kier molecular flexibility index (Phi) is 5.12. The van der Waals surface area contributed by atoms with E-state index in [0.29, 0.717) is 17.1 Å². The second-order valence-electron chi connectivity index (χ2n) is 7.96. The van der Waals surface area contributed by atoms with Crippen LogP contribution in [0, 0.1) is 0 Å². The van der Waals surface area contributed by atoms with Gasteiger partial charge in [0.2, 0.25) is 0 Å². The highest BCUT2D eigenvalue weighted by Crippen LogP contribution is 2.28. The molecule has 0 heterocycles. The Morgan fingerprint density at radius 1 is 0.800 bits per heavy atom. The fourth-order valence-corrected chi connectivity index (χ4v) is 2.30. The van der Waals surface area contributed by atoms with Crippen molar-refractivity contribution in [2.75, 3.05) is 0 Å². The second-order valence-corrected chi connectivity index (χ2v) is 7.96. The topological polar surface area (TPSA) is 55.8 Å². The molecule has 0 amide bonds. The van der Waals surface area contributed by atoms with Crippen LogP contribution in [0.5, 0.6) is 17.2 Å². The van der Waals surface area contributed by atoms with Crippen molar-refractivity contribution >= 4 is 5.78 Å². The second kappa shape index (κ2) is 6.79. The Morgan fingerprint density at radius 2 is 1.28 bits per heavy atom. The first-order valence-electron chi connectivity index (χ1n) is 8.30. The quantitative estimate of drug-likeness (QED) is 0.796. The van der Waals surface area contributed by atoms with E-state index in [1.54, 1.807) is 36.4 Å². The standard InChI is InChI=1S/C21H26O4/c1-20(2,3)24-15-9-7-14(8-10-15)19(23)17-12-11-16(13-18(17)22)25-21(4,5)6/h7-13,22H,1-6H3. The van der Waals surface area contributed by atoms with Crippen LogP contribution in [0.2, 0.25) is 0 Å². The van der Waals surface area contributed by atoms with Gasteiger partial charge in [-0.1, -0.05) is 0 Å². The fraction of sp³-hybridized carbons (Fsp3) is 0.381. The molecule has 1 N–H and O–H groups in total. The van der Waals surface area contributed by atoms with Gasteiger partial charge in [-0.15, -0.1) is 0 Å². The lowest BCUT2D eigenvalue weighted by Gasteiger charge is -2.21. The largest absolute Gasteiger partial charge is 0.507 e. The number of aromatic hydroxyl groups is 1. The van der Waals surface area contributed by atoms with Gasteiger partial charge < -0.3 is 14.6 Å². The smallest absolute Gasteiger partial charge is 0.196 e. The van der Waals surface area contributed by atoms with Crippen LogP contribution >= 0.6 is 0 Å². The third kappa shape index (κ3) is 5.52. The number of hydrogen-bond acceptors (Lipinski definition) is 4. The van der Waals surface area contributed by atoms with Crippen molar-refractivity contribution in [3.8, 4) is 17.2 Å². The summed E-state index contributed by atoms with van der Waals surface area (Å²) in [6.45, 7) is 11.7. The number of carbonyl (C=O) groups excluding carboxylic acids is 1. The number of hydrogen-bond donors (Lipinski definition) is 1. The van der Waals surface area contributed by atoms with E-state index in [2.05, 4.69) is 0 Å². The number of ether oxygens (including phenoxy) is 2. The van der Waals surface area contributed by atoms with Crippen LogP contribution in [0.1, 0.15) is 57.5 Å². The molecule has 0 aliphatic rings. The third-order valence-electron chi connectivity index (χ3n) is 3.18. The molecule has 0 saturated heterocycles. The molecule has 0 aliphatic heterocycles. The molecule has 0 atom stereocenters. The number of rotatable bonds is 4. The molecule has 4 nitrogen and oxygen atoms in total. The van der Waals surface area contributed by atoms with Crippen molar-refractivity contribution < 1.29 is 19.4 Å². The zero-order valence-corrected chi connectivity index (χ0v) is 15.7. The van der Waals surface area contributed by atoms with E-state index in [9.17, 15) is 9.90 Å². The van der Waals surface area contributed by atoms with Gasteiger partial charge in [0.25, 0.3) is 0 Å². The van der Waals surface area contributed by atoms with Crippen molar-refractivity contribution in [2.24, 2.45) is 0 Å². The summed E-state index contributed by atoms with van der Waals surface area (Å²) < 4.78 is 11.4. The van der Waals surface area contributed by atoms with Gasteiger partial charge in [-0.3, -0.25) is 4.79 Å². The van der Waals surface area contributed by atoms with Crippen molar-refractivity contribution in [1.29, 1.82) is 0 Å². The van der Waals surface area contributed by atoms with Crippen molar-refractivity contribution in [3.63, 3.8) is 0 Å². The summed E-state index contributed by atoms with van der Waals surface area (Å²) in [5, 5.41) is 10.2. The maximum Gasteiger partial charge on any atom is 0.196 e. The monoisotopic (exact) mass is 342 g/mol. The molecule has 2 aromatic carbocycles. The first kappa shape index (κ1) is 18.8. The average Bonchev–Trinajstić information content (AvgIpc) is 2.44. The lowest BCUT2D eigenvalue weighted by molar-refractivity contribution is 0.103. The molecule has 0 unspecified atom stereocenters. The molecule has 4 heteroatoms. The molecule has 2 rings (SSSR count). The Bertz CT molecular complexity index is 747. The predicted octanol–water partition coefficient (Wildman–Crippen LogP) is 4.98. The minimum absolute atomic E-state index is 0.0956. The molecular weight excluding hydrogens is 316 g/mol. The number of benzene rings is 2. The lowest BCUT2D eigenvalue weighted by atomic mass is 10.0. The van der Waals surface area contributed by atoms with E-state index < -0.39 is 0 Å². The number of phenols is 1. The van der Waals surface area contributed by atoms with Crippen LogP contribution in [-0.4, -0.2) is 22.1 Å². The van der Waals surface area contributed by atoms with Gasteiger partial charge in [-0.2, -0.15) is 0 Å². The van der Waals surface area contributed by atoms with E-state index in [1.165, 1.54) is 6.07 Å². The van der Waals surface area contributed by atoms with Gasteiger partial charge in [0.05, 0.1) is 5.56 Å². The zero-order valence-electron chi connectivity index (χ0n) is 15.7. The molecule has 0 spiro atoms. The summed E-state index contributed by atoms with van der Waals surface area (Å²) in [5.74, 6) is 0.876. The normalized spacial score (nSPS) is 11.9. The molecular formula is C21H26O4. The Balaban J connectivity index is 2.20. The van der Waals surface area contributed by atoms with Gasteiger partial charge >= 0.3 is 0 Å². The highest BCUT2D eigenvalue weighted by Gasteiger charge is 2.18. The molecule has 0 bridgehead atoms. The summed E-state index contributed by atoms with van der Waals surface area (Å²) in [6, 6.07) is 11.6. The average molecular weight is 342 g/mol. The van der Waals surface area contributed by atoms with Crippen LogP contribution in [0.3, 0.4) is 0 Å². The highest BCUT2D eigenvalue weighted by atomic mass is 16.5. The predicted molar refractivity (Wildman–Crippen MR) is 98.7 cm³/mol. The Hall–Kier alpha value is -2.49.